The van der Waals surface area contributed by atoms with Gasteiger partial charge in [-0.15, -0.1) is 0 Å². The molecule has 0 saturated carbocycles. The number of halogens is 1. The second-order valence-corrected chi connectivity index (χ2v) is 3.35. The molecule has 2 rings (SSSR count). The lowest BCUT2D eigenvalue weighted by atomic mass is 10.2. The van der Waals surface area contributed by atoms with Crippen molar-refractivity contribution in [1.82, 2.24) is 4.98 Å². The number of rotatable bonds is 1. The van der Waals surface area contributed by atoms with E-state index in [0.29, 0.717) is 10.7 Å². The molecule has 0 amide bonds. The van der Waals surface area contributed by atoms with E-state index < -0.39 is 0 Å². The summed E-state index contributed by atoms with van der Waals surface area (Å²) in [6.45, 7) is 1.98. The molecule has 0 bridgehead atoms. The monoisotopic (exact) mass is 193 g/mol. The quantitative estimate of drug-likeness (QED) is 0.694. The van der Waals surface area contributed by atoms with Crippen molar-refractivity contribution in [3.63, 3.8) is 0 Å². The van der Waals surface area contributed by atoms with Crippen LogP contribution in [0.3, 0.4) is 0 Å². The van der Waals surface area contributed by atoms with Crippen molar-refractivity contribution in [2.24, 2.45) is 0 Å². The van der Waals surface area contributed by atoms with E-state index >= 15 is 0 Å². The van der Waals surface area contributed by atoms with Crippen molar-refractivity contribution in [2.75, 3.05) is 0 Å². The maximum atomic E-state index is 10.6. The Morgan fingerprint density at radius 1 is 1.46 bits per heavy atom. The summed E-state index contributed by atoms with van der Waals surface area (Å²) in [6, 6.07) is 5.80. The molecule has 13 heavy (non-hydrogen) atoms. The third-order valence-electron chi connectivity index (χ3n) is 2.12. The van der Waals surface area contributed by atoms with E-state index in [1.165, 1.54) is 0 Å². The van der Waals surface area contributed by atoms with Gasteiger partial charge in [0.2, 0.25) is 0 Å². The van der Waals surface area contributed by atoms with Crippen molar-refractivity contribution in [3.05, 3.63) is 34.5 Å². The second kappa shape index (κ2) is 2.89. The summed E-state index contributed by atoms with van der Waals surface area (Å²) in [4.78, 5) is 13.6. The maximum absolute atomic E-state index is 10.6. The number of nitrogens with one attached hydrogen (secondary N) is 1. The first-order valence-corrected chi connectivity index (χ1v) is 4.34. The molecule has 0 saturated heterocycles. The molecule has 0 atom stereocenters. The predicted molar refractivity (Wildman–Crippen MR) is 53.4 cm³/mol. The lowest BCUT2D eigenvalue weighted by molar-refractivity contribution is 0.112. The zero-order valence-corrected chi connectivity index (χ0v) is 7.85. The highest BCUT2D eigenvalue weighted by atomic mass is 35.5. The highest BCUT2D eigenvalue weighted by molar-refractivity contribution is 6.38. The molecule has 0 spiro atoms. The first kappa shape index (κ1) is 8.32. The Hall–Kier alpha value is -1.28. The number of H-pyrrole nitrogens is 1. The Morgan fingerprint density at radius 3 is 2.85 bits per heavy atom. The first-order chi connectivity index (χ1) is 6.24. The molecule has 0 aliphatic heterocycles. The molecule has 0 fully saturated rings. The van der Waals surface area contributed by atoms with Gasteiger partial charge < -0.3 is 4.98 Å². The number of hydrogen-bond donors (Lipinski definition) is 1. The largest absolute Gasteiger partial charge is 0.351 e. The van der Waals surface area contributed by atoms with Gasteiger partial charge in [0.1, 0.15) is 0 Å². The Kier molecular flexibility index (Phi) is 1.85. The number of carbonyl (C=O) groups is 1. The van der Waals surface area contributed by atoms with Crippen LogP contribution in [0.1, 0.15) is 16.1 Å². The van der Waals surface area contributed by atoms with E-state index in [1.54, 1.807) is 0 Å². The summed E-state index contributed by atoms with van der Waals surface area (Å²) in [5.41, 5.74) is 2.48. The zero-order valence-electron chi connectivity index (χ0n) is 7.10. The summed E-state index contributed by atoms with van der Waals surface area (Å²) >= 11 is 5.97. The molecule has 1 heterocycles. The predicted octanol–water partition coefficient (Wildman–Crippen LogP) is 2.94. The molecular weight excluding hydrogens is 186 g/mol. The normalized spacial score (nSPS) is 10.6. The number of aromatic nitrogens is 1. The van der Waals surface area contributed by atoms with Gasteiger partial charge in [-0.25, -0.2) is 0 Å². The van der Waals surface area contributed by atoms with Crippen LogP contribution in [0.25, 0.3) is 10.9 Å². The number of aryl methyl sites for hydroxylation is 1. The number of aldehydes is 1. The molecule has 0 unspecified atom stereocenters. The molecule has 0 radical (unpaired) electrons. The van der Waals surface area contributed by atoms with Gasteiger partial charge in [0, 0.05) is 5.39 Å². The SMILES string of the molecule is Cc1cccc2c(Cl)c(C=O)[nH]c12. The van der Waals surface area contributed by atoms with Gasteiger partial charge in [0.25, 0.3) is 0 Å². The lowest BCUT2D eigenvalue weighted by Gasteiger charge is -1.93. The van der Waals surface area contributed by atoms with Gasteiger partial charge in [-0.3, -0.25) is 4.79 Å². The third kappa shape index (κ3) is 1.14. The fraction of sp³-hybridized carbons (Fsp3) is 0.100. The fourth-order valence-electron chi connectivity index (χ4n) is 1.43. The number of carbonyl (C=O) groups excluding carboxylic acids is 1. The molecule has 1 aromatic heterocycles. The molecule has 2 nitrogen and oxygen atoms in total. The number of benzene rings is 1. The molecule has 3 heteroatoms. The van der Waals surface area contributed by atoms with Crippen LogP contribution >= 0.6 is 11.6 Å². The van der Waals surface area contributed by atoms with Crippen LogP contribution in [0.5, 0.6) is 0 Å². The van der Waals surface area contributed by atoms with Crippen LogP contribution in [0.2, 0.25) is 5.02 Å². The van der Waals surface area contributed by atoms with Gasteiger partial charge in [-0.2, -0.15) is 0 Å². The second-order valence-electron chi connectivity index (χ2n) is 2.97. The smallest absolute Gasteiger partial charge is 0.167 e. The minimum absolute atomic E-state index is 0.450. The average Bonchev–Trinajstić information content (AvgIpc) is 2.45. The van der Waals surface area contributed by atoms with Gasteiger partial charge in [-0.1, -0.05) is 29.8 Å². The average molecular weight is 194 g/mol. The number of fused-ring (bicyclic) bond motifs is 1. The molecule has 2 aromatic rings. The highest BCUT2D eigenvalue weighted by Crippen LogP contribution is 2.27. The van der Waals surface area contributed by atoms with Crippen molar-refractivity contribution in [2.45, 2.75) is 6.92 Å². The molecule has 1 N–H and O–H groups in total. The summed E-state index contributed by atoms with van der Waals surface area (Å²) < 4.78 is 0. The van der Waals surface area contributed by atoms with Crippen LogP contribution in [0.15, 0.2) is 18.2 Å². The van der Waals surface area contributed by atoms with Crippen molar-refractivity contribution in [3.8, 4) is 0 Å². The van der Waals surface area contributed by atoms with Crippen LogP contribution in [0, 0.1) is 6.92 Å². The minimum Gasteiger partial charge on any atom is -0.351 e. The van der Waals surface area contributed by atoms with Crippen LogP contribution in [-0.4, -0.2) is 11.3 Å². The van der Waals surface area contributed by atoms with Crippen LogP contribution < -0.4 is 0 Å². The minimum atomic E-state index is 0.450. The van der Waals surface area contributed by atoms with E-state index in [1.807, 2.05) is 25.1 Å². The summed E-state index contributed by atoms with van der Waals surface area (Å²) in [6.07, 6.45) is 0.738. The standard InChI is InChI=1S/C10H8ClNO/c1-6-3-2-4-7-9(11)8(5-13)12-10(6)7/h2-5,12H,1H3. The van der Waals surface area contributed by atoms with E-state index in [4.69, 9.17) is 11.6 Å². The van der Waals surface area contributed by atoms with Crippen LogP contribution in [-0.2, 0) is 0 Å². The third-order valence-corrected chi connectivity index (χ3v) is 2.53. The Morgan fingerprint density at radius 2 is 2.23 bits per heavy atom. The lowest BCUT2D eigenvalue weighted by Crippen LogP contribution is -1.78. The molecular formula is C10H8ClNO. The Bertz CT molecular complexity index is 473. The van der Waals surface area contributed by atoms with Crippen LogP contribution in [0.4, 0.5) is 0 Å². The van der Waals surface area contributed by atoms with Gasteiger partial charge in [0.15, 0.2) is 6.29 Å². The number of para-hydroxylation sites is 1. The molecule has 0 aliphatic carbocycles. The maximum Gasteiger partial charge on any atom is 0.167 e. The topological polar surface area (TPSA) is 32.9 Å². The summed E-state index contributed by atoms with van der Waals surface area (Å²) in [5.74, 6) is 0. The summed E-state index contributed by atoms with van der Waals surface area (Å²) in [7, 11) is 0. The Balaban J connectivity index is 2.91. The van der Waals surface area contributed by atoms with Gasteiger partial charge >= 0.3 is 0 Å². The van der Waals surface area contributed by atoms with Gasteiger partial charge in [0.05, 0.1) is 16.2 Å². The molecule has 66 valence electrons. The fourth-order valence-corrected chi connectivity index (χ4v) is 1.68. The van der Waals surface area contributed by atoms with E-state index in [2.05, 4.69) is 4.98 Å². The number of hydrogen-bond acceptors (Lipinski definition) is 1. The first-order valence-electron chi connectivity index (χ1n) is 3.96. The van der Waals surface area contributed by atoms with Gasteiger partial charge in [-0.05, 0) is 12.5 Å². The zero-order chi connectivity index (χ0) is 9.42. The van der Waals surface area contributed by atoms with Crippen molar-refractivity contribution >= 4 is 28.8 Å². The van der Waals surface area contributed by atoms with E-state index in [-0.39, 0.29) is 0 Å². The molecule has 1 aromatic carbocycles. The summed E-state index contributed by atoms with van der Waals surface area (Å²) in [5, 5.41) is 1.41. The van der Waals surface area contributed by atoms with Crippen molar-refractivity contribution in [1.29, 1.82) is 0 Å². The van der Waals surface area contributed by atoms with E-state index in [0.717, 1.165) is 22.8 Å². The highest BCUT2D eigenvalue weighted by Gasteiger charge is 2.08. The van der Waals surface area contributed by atoms with E-state index in [9.17, 15) is 4.79 Å². The van der Waals surface area contributed by atoms with Crippen molar-refractivity contribution < 1.29 is 4.79 Å². The Labute approximate surface area is 80.5 Å². The number of aromatic amines is 1. The molecule has 0 aliphatic rings.